The molecule has 9 heteroatoms. The van der Waals surface area contributed by atoms with Gasteiger partial charge >= 0.3 is 6.18 Å². The molecule has 4 nitrogen and oxygen atoms in total. The average molecular weight is 392 g/mol. The second kappa shape index (κ2) is 6.97. The van der Waals surface area contributed by atoms with Crippen LogP contribution in [0.25, 0.3) is 0 Å². The molecule has 25 heavy (non-hydrogen) atoms. The molecule has 0 aliphatic carbocycles. The highest BCUT2D eigenvalue weighted by molar-refractivity contribution is 7.98. The Balaban J connectivity index is 2.24. The number of benzene rings is 2. The maximum absolute atomic E-state index is 12.6. The van der Waals surface area contributed by atoms with E-state index in [1.807, 2.05) is 0 Å². The lowest BCUT2D eigenvalue weighted by Crippen LogP contribution is -2.29. The van der Waals surface area contributed by atoms with Crippen molar-refractivity contribution in [2.45, 2.75) is 6.18 Å². The van der Waals surface area contributed by atoms with Crippen molar-refractivity contribution < 1.29 is 26.9 Å². The third-order valence-electron chi connectivity index (χ3n) is 2.89. The van der Waals surface area contributed by atoms with Gasteiger partial charge in [0, 0.05) is 21.5 Å². The van der Waals surface area contributed by atoms with Gasteiger partial charge in [-0.3, -0.25) is 9.52 Å². The first-order valence-corrected chi connectivity index (χ1v) is 9.26. The quantitative estimate of drug-likeness (QED) is 0.797. The van der Waals surface area contributed by atoms with Gasteiger partial charge in [-0.05, 0) is 42.3 Å². The Labute approximate surface area is 147 Å². The number of carbonyl (C=O) groups excluding carboxylic acids is 1. The summed E-state index contributed by atoms with van der Waals surface area (Å²) in [6.07, 6.45) is -3.24. The number of hydrogen-bond acceptors (Lipinski definition) is 3. The average Bonchev–Trinajstić information content (AvgIpc) is 2.47. The van der Waals surface area contributed by atoms with Gasteiger partial charge in [0.25, 0.3) is 5.91 Å². The van der Waals surface area contributed by atoms with Gasteiger partial charge in [-0.2, -0.15) is 13.2 Å². The Morgan fingerprint density at radius 1 is 1.24 bits per heavy atom. The summed E-state index contributed by atoms with van der Waals surface area (Å²) < 4.78 is 57.1. The van der Waals surface area contributed by atoms with Crippen molar-refractivity contribution in [2.75, 3.05) is 6.26 Å². The predicted octanol–water partition coefficient (Wildman–Crippen LogP) is 4.14. The first-order valence-electron chi connectivity index (χ1n) is 6.75. The molecule has 134 valence electrons. The minimum absolute atomic E-state index is 0.00340. The molecule has 0 radical (unpaired) electrons. The zero-order chi connectivity index (χ0) is 18.8. The van der Waals surface area contributed by atoms with E-state index < -0.39 is 27.4 Å². The summed E-state index contributed by atoms with van der Waals surface area (Å²) >= 11 is 5.82. The fraction of sp³-hybridized carbons (Fsp3) is 0.125. The zero-order valence-electron chi connectivity index (χ0n) is 12.9. The van der Waals surface area contributed by atoms with Gasteiger partial charge in [0.1, 0.15) is 11.5 Å². The monoisotopic (exact) mass is 391 g/mol. The van der Waals surface area contributed by atoms with Crippen LogP contribution in [0.4, 0.5) is 13.2 Å². The number of hydrogen-bond donors (Lipinski definition) is 1. The fourth-order valence-corrected chi connectivity index (χ4v) is 2.57. The third-order valence-corrected chi connectivity index (χ3v) is 3.80. The van der Waals surface area contributed by atoms with Crippen LogP contribution >= 0.6 is 11.6 Å². The van der Waals surface area contributed by atoms with Gasteiger partial charge in [0.05, 0.1) is 10.6 Å². The van der Waals surface area contributed by atoms with E-state index in [-0.39, 0.29) is 22.1 Å². The number of halogens is 4. The van der Waals surface area contributed by atoms with Gasteiger partial charge in [0.2, 0.25) is 0 Å². The molecule has 0 saturated heterocycles. The van der Waals surface area contributed by atoms with Crippen LogP contribution in [0.2, 0.25) is 5.02 Å². The van der Waals surface area contributed by atoms with Crippen molar-refractivity contribution >= 4 is 33.1 Å². The predicted molar refractivity (Wildman–Crippen MR) is 91.6 cm³/mol. The van der Waals surface area contributed by atoms with E-state index in [9.17, 15) is 22.2 Å². The lowest BCUT2D eigenvalue weighted by atomic mass is 10.2. The number of amides is 1. The van der Waals surface area contributed by atoms with Gasteiger partial charge in [-0.1, -0.05) is 17.7 Å². The van der Waals surface area contributed by atoms with Crippen LogP contribution < -0.4 is 9.46 Å². The SMILES string of the molecule is C=S(C)(=O)NC(=O)c1cccc(Oc2ccc(C(F)(F)F)cc2Cl)c1. The highest BCUT2D eigenvalue weighted by atomic mass is 35.5. The first-order chi connectivity index (χ1) is 11.5. The van der Waals surface area contributed by atoms with E-state index in [2.05, 4.69) is 10.6 Å². The molecule has 0 aliphatic heterocycles. The molecule has 0 aliphatic rings. The van der Waals surface area contributed by atoms with E-state index >= 15 is 0 Å². The molecule has 0 heterocycles. The molecule has 0 aromatic heterocycles. The van der Waals surface area contributed by atoms with Gasteiger partial charge in [-0.15, -0.1) is 0 Å². The molecular weight excluding hydrogens is 379 g/mol. The molecule has 0 saturated carbocycles. The lowest BCUT2D eigenvalue weighted by molar-refractivity contribution is -0.137. The fourth-order valence-electron chi connectivity index (χ4n) is 1.84. The third kappa shape index (κ3) is 5.40. The minimum Gasteiger partial charge on any atom is -0.456 e. The molecule has 0 bridgehead atoms. The maximum Gasteiger partial charge on any atom is 0.416 e. The summed E-state index contributed by atoms with van der Waals surface area (Å²) in [6, 6.07) is 8.49. The Kier molecular flexibility index (Phi) is 5.34. The standard InChI is InChI=1S/C16H13ClF3NO3S/c1-25(2,23)21-15(22)10-4-3-5-12(8-10)24-14-7-6-11(9-13(14)17)16(18,19)20/h3-9H,1H2,2H3,(H,21,22,23). The van der Waals surface area contributed by atoms with Crippen molar-refractivity contribution in [2.24, 2.45) is 0 Å². The smallest absolute Gasteiger partial charge is 0.416 e. The molecule has 2 rings (SSSR count). The summed E-state index contributed by atoms with van der Waals surface area (Å²) in [6.45, 7) is 0. The van der Waals surface area contributed by atoms with Crippen LogP contribution in [0.1, 0.15) is 15.9 Å². The topological polar surface area (TPSA) is 55.4 Å². The van der Waals surface area contributed by atoms with Crippen molar-refractivity contribution in [1.29, 1.82) is 0 Å². The largest absolute Gasteiger partial charge is 0.456 e. The first kappa shape index (κ1) is 19.1. The molecule has 1 atom stereocenters. The van der Waals surface area contributed by atoms with Crippen molar-refractivity contribution in [3.63, 3.8) is 0 Å². The summed E-state index contributed by atoms with van der Waals surface area (Å²) in [4.78, 5) is 12.0. The molecule has 0 spiro atoms. The van der Waals surface area contributed by atoms with Crippen LogP contribution in [0.15, 0.2) is 42.5 Å². The van der Waals surface area contributed by atoms with Gasteiger partial charge in [-0.25, -0.2) is 4.21 Å². The Bertz CT molecular complexity index is 911. The molecule has 1 amide bonds. The van der Waals surface area contributed by atoms with E-state index in [1.54, 1.807) is 0 Å². The van der Waals surface area contributed by atoms with Crippen molar-refractivity contribution in [3.05, 3.63) is 58.6 Å². The molecule has 1 N–H and O–H groups in total. The van der Waals surface area contributed by atoms with Crippen molar-refractivity contribution in [3.8, 4) is 11.5 Å². The number of rotatable bonds is 4. The highest BCUT2D eigenvalue weighted by Gasteiger charge is 2.31. The molecular formula is C16H13ClF3NO3S. The lowest BCUT2D eigenvalue weighted by Gasteiger charge is -2.12. The Morgan fingerprint density at radius 3 is 2.48 bits per heavy atom. The van der Waals surface area contributed by atoms with Crippen LogP contribution in [-0.4, -0.2) is 22.2 Å². The molecule has 0 fully saturated rings. The van der Waals surface area contributed by atoms with E-state index in [0.717, 1.165) is 18.2 Å². The van der Waals surface area contributed by atoms with Crippen molar-refractivity contribution in [1.82, 2.24) is 4.72 Å². The Morgan fingerprint density at radius 2 is 1.92 bits per heavy atom. The number of alkyl halides is 3. The van der Waals surface area contributed by atoms with Crippen LogP contribution in [0, 0.1) is 0 Å². The normalized spacial score (nSPS) is 13.8. The second-order valence-corrected chi connectivity index (χ2v) is 7.83. The number of carbonyl (C=O) groups is 1. The van der Waals surface area contributed by atoms with Crippen LogP contribution in [0.5, 0.6) is 11.5 Å². The van der Waals surface area contributed by atoms with E-state index in [0.29, 0.717) is 0 Å². The highest BCUT2D eigenvalue weighted by Crippen LogP contribution is 2.36. The summed E-state index contributed by atoms with van der Waals surface area (Å²) in [5.41, 5.74) is -0.745. The number of nitrogens with one attached hydrogen (secondary N) is 1. The second-order valence-electron chi connectivity index (χ2n) is 5.21. The Hall–Kier alpha value is -2.19. The van der Waals surface area contributed by atoms with E-state index in [4.69, 9.17) is 16.3 Å². The van der Waals surface area contributed by atoms with E-state index in [1.165, 1.54) is 30.5 Å². The van der Waals surface area contributed by atoms with Crippen LogP contribution in [-0.2, 0) is 15.9 Å². The summed E-state index contributed by atoms with van der Waals surface area (Å²) in [5, 5.41) is -0.223. The van der Waals surface area contributed by atoms with Gasteiger partial charge < -0.3 is 4.74 Å². The van der Waals surface area contributed by atoms with Gasteiger partial charge in [0.15, 0.2) is 0 Å². The zero-order valence-corrected chi connectivity index (χ0v) is 14.5. The van der Waals surface area contributed by atoms with Crippen LogP contribution in [0.3, 0.4) is 0 Å². The number of ether oxygens (including phenoxy) is 1. The molecule has 1 unspecified atom stereocenters. The minimum atomic E-state index is -4.51. The summed E-state index contributed by atoms with van der Waals surface area (Å²) in [7, 11) is -2.74. The summed E-state index contributed by atoms with van der Waals surface area (Å²) in [5.74, 6) is 2.89. The molecule has 2 aromatic rings. The maximum atomic E-state index is 12.6. The molecule has 2 aromatic carbocycles.